The SMILES string of the molecule is CC1(C)[C@@H]2C[C@@H](CO)[C@@](C)(N)C[C@@H]21.Cl. The Kier molecular flexibility index (Phi) is 2.95. The van der Waals surface area contributed by atoms with Crippen LogP contribution < -0.4 is 5.73 Å². The van der Waals surface area contributed by atoms with E-state index in [4.69, 9.17) is 5.73 Å². The second-order valence-electron chi connectivity index (χ2n) is 5.86. The van der Waals surface area contributed by atoms with Crippen LogP contribution in [0.25, 0.3) is 0 Å². The zero-order chi connectivity index (χ0) is 9.85. The average Bonchev–Trinajstić information content (AvgIpc) is 2.50. The summed E-state index contributed by atoms with van der Waals surface area (Å²) in [5, 5.41) is 9.25. The molecule has 3 N–H and O–H groups in total. The van der Waals surface area contributed by atoms with Gasteiger partial charge in [-0.2, -0.15) is 0 Å². The molecule has 84 valence electrons. The van der Waals surface area contributed by atoms with Crippen molar-refractivity contribution in [2.24, 2.45) is 28.9 Å². The minimum absolute atomic E-state index is 0. The summed E-state index contributed by atoms with van der Waals surface area (Å²) in [5.74, 6) is 1.95. The van der Waals surface area contributed by atoms with Gasteiger partial charge in [-0.25, -0.2) is 0 Å². The van der Waals surface area contributed by atoms with Crippen LogP contribution in [0.5, 0.6) is 0 Å². The molecule has 0 amide bonds. The first kappa shape index (κ1) is 12.3. The van der Waals surface area contributed by atoms with Gasteiger partial charge in [-0.1, -0.05) is 13.8 Å². The number of rotatable bonds is 1. The summed E-state index contributed by atoms with van der Waals surface area (Å²) in [6.45, 7) is 7.02. The van der Waals surface area contributed by atoms with Gasteiger partial charge >= 0.3 is 0 Å². The highest BCUT2D eigenvalue weighted by Crippen LogP contribution is 2.67. The summed E-state index contributed by atoms with van der Waals surface area (Å²) in [4.78, 5) is 0. The third kappa shape index (κ3) is 1.58. The number of fused-ring (bicyclic) bond motifs is 1. The van der Waals surface area contributed by atoms with Crippen LogP contribution in [0.3, 0.4) is 0 Å². The summed E-state index contributed by atoms with van der Waals surface area (Å²) < 4.78 is 0. The normalized spacial score (nSPS) is 49.1. The molecule has 4 atom stereocenters. The molecule has 0 aromatic carbocycles. The summed E-state index contributed by atoms with van der Waals surface area (Å²) in [7, 11) is 0. The predicted octanol–water partition coefficient (Wildman–Crippen LogP) is 1.80. The fourth-order valence-corrected chi connectivity index (χ4v) is 3.23. The van der Waals surface area contributed by atoms with Crippen molar-refractivity contribution < 1.29 is 5.11 Å². The average molecular weight is 220 g/mol. The van der Waals surface area contributed by atoms with Gasteiger partial charge in [0.2, 0.25) is 0 Å². The number of hydrogen-bond donors (Lipinski definition) is 2. The summed E-state index contributed by atoms with van der Waals surface area (Å²) >= 11 is 0. The van der Waals surface area contributed by atoms with Gasteiger partial charge in [-0.05, 0) is 42.9 Å². The molecule has 0 unspecified atom stereocenters. The second kappa shape index (κ2) is 3.36. The molecule has 2 rings (SSSR count). The second-order valence-corrected chi connectivity index (χ2v) is 5.86. The highest BCUT2D eigenvalue weighted by Gasteiger charge is 2.62. The van der Waals surface area contributed by atoms with Crippen LogP contribution in [0, 0.1) is 23.2 Å². The first-order chi connectivity index (χ1) is 5.89. The minimum atomic E-state index is -0.135. The first-order valence-corrected chi connectivity index (χ1v) is 5.29. The quantitative estimate of drug-likeness (QED) is 0.707. The zero-order valence-corrected chi connectivity index (χ0v) is 10.1. The van der Waals surface area contributed by atoms with Crippen LogP contribution in [-0.2, 0) is 0 Å². The molecule has 3 heteroatoms. The molecule has 0 radical (unpaired) electrons. The number of hydrogen-bond acceptors (Lipinski definition) is 2. The van der Waals surface area contributed by atoms with Gasteiger partial charge in [0.05, 0.1) is 0 Å². The third-order valence-electron chi connectivity index (χ3n) is 4.64. The van der Waals surface area contributed by atoms with E-state index in [2.05, 4.69) is 20.8 Å². The van der Waals surface area contributed by atoms with E-state index in [9.17, 15) is 5.11 Å². The summed E-state index contributed by atoms with van der Waals surface area (Å²) in [6.07, 6.45) is 2.22. The summed E-state index contributed by atoms with van der Waals surface area (Å²) in [5.41, 5.74) is 6.57. The molecule has 14 heavy (non-hydrogen) atoms. The number of nitrogens with two attached hydrogens (primary N) is 1. The lowest BCUT2D eigenvalue weighted by molar-refractivity contribution is 0.115. The van der Waals surface area contributed by atoms with Gasteiger partial charge in [-0.3, -0.25) is 0 Å². The Balaban J connectivity index is 0.000000980. The molecule has 0 bridgehead atoms. The van der Waals surface area contributed by atoms with Crippen molar-refractivity contribution >= 4 is 12.4 Å². The van der Waals surface area contributed by atoms with Crippen molar-refractivity contribution in [2.75, 3.05) is 6.61 Å². The molecular weight excluding hydrogens is 198 g/mol. The van der Waals surface area contributed by atoms with E-state index in [0.29, 0.717) is 11.3 Å². The van der Waals surface area contributed by atoms with Crippen molar-refractivity contribution in [1.29, 1.82) is 0 Å². The van der Waals surface area contributed by atoms with E-state index < -0.39 is 0 Å². The number of halogens is 1. The molecule has 0 aromatic heterocycles. The maximum Gasteiger partial charge on any atom is 0.0476 e. The van der Waals surface area contributed by atoms with Crippen molar-refractivity contribution in [2.45, 2.75) is 39.2 Å². The molecule has 2 aliphatic rings. The fourth-order valence-electron chi connectivity index (χ4n) is 3.23. The Bertz CT molecular complexity index is 227. The number of aliphatic hydroxyl groups is 1. The van der Waals surface area contributed by atoms with Crippen LogP contribution in [0.15, 0.2) is 0 Å². The molecule has 2 saturated carbocycles. The van der Waals surface area contributed by atoms with Gasteiger partial charge in [-0.15, -0.1) is 12.4 Å². The molecule has 2 fully saturated rings. The topological polar surface area (TPSA) is 46.2 Å². The van der Waals surface area contributed by atoms with Crippen molar-refractivity contribution in [3.05, 3.63) is 0 Å². The maximum atomic E-state index is 9.25. The van der Waals surface area contributed by atoms with Crippen LogP contribution in [0.4, 0.5) is 0 Å². The van der Waals surface area contributed by atoms with E-state index >= 15 is 0 Å². The lowest BCUT2D eigenvalue weighted by Crippen LogP contribution is -2.48. The molecule has 0 heterocycles. The lowest BCUT2D eigenvalue weighted by atomic mass is 9.75. The van der Waals surface area contributed by atoms with Crippen LogP contribution >= 0.6 is 12.4 Å². The largest absolute Gasteiger partial charge is 0.396 e. The molecule has 2 aliphatic carbocycles. The smallest absolute Gasteiger partial charge is 0.0476 e. The van der Waals surface area contributed by atoms with Crippen molar-refractivity contribution in [3.8, 4) is 0 Å². The Morgan fingerprint density at radius 1 is 1.29 bits per heavy atom. The molecule has 0 aliphatic heterocycles. The molecule has 0 aromatic rings. The van der Waals surface area contributed by atoms with E-state index in [0.717, 1.165) is 24.7 Å². The first-order valence-electron chi connectivity index (χ1n) is 5.29. The monoisotopic (exact) mass is 219 g/mol. The molecular formula is C11H22ClNO. The minimum Gasteiger partial charge on any atom is -0.396 e. The predicted molar refractivity (Wildman–Crippen MR) is 60.4 cm³/mol. The van der Waals surface area contributed by atoms with Gasteiger partial charge in [0.25, 0.3) is 0 Å². The van der Waals surface area contributed by atoms with Crippen LogP contribution in [-0.4, -0.2) is 17.3 Å². The van der Waals surface area contributed by atoms with E-state index in [-0.39, 0.29) is 24.6 Å². The number of aliphatic hydroxyl groups excluding tert-OH is 1. The molecule has 0 saturated heterocycles. The lowest BCUT2D eigenvalue weighted by Gasteiger charge is -2.36. The highest BCUT2D eigenvalue weighted by atomic mass is 35.5. The van der Waals surface area contributed by atoms with Gasteiger partial charge in [0.1, 0.15) is 0 Å². The standard InChI is InChI=1S/C11H21NO.ClH/c1-10(2)8-4-7(6-13)11(3,12)5-9(8)10;/h7-9,13H,4-6,12H2,1-3H3;1H/t7-,8+,9-,11-;/m0./s1. The van der Waals surface area contributed by atoms with E-state index in [1.165, 1.54) is 0 Å². The fraction of sp³-hybridized carbons (Fsp3) is 1.00. The van der Waals surface area contributed by atoms with Gasteiger partial charge < -0.3 is 10.8 Å². The van der Waals surface area contributed by atoms with E-state index in [1.807, 2.05) is 0 Å². The molecule has 0 spiro atoms. The van der Waals surface area contributed by atoms with Crippen molar-refractivity contribution in [1.82, 2.24) is 0 Å². The molecule has 2 nitrogen and oxygen atoms in total. The highest BCUT2D eigenvalue weighted by molar-refractivity contribution is 5.85. The van der Waals surface area contributed by atoms with Gasteiger partial charge in [0.15, 0.2) is 0 Å². The van der Waals surface area contributed by atoms with Crippen LogP contribution in [0.1, 0.15) is 33.6 Å². The van der Waals surface area contributed by atoms with Crippen molar-refractivity contribution in [3.63, 3.8) is 0 Å². The van der Waals surface area contributed by atoms with Crippen LogP contribution in [0.2, 0.25) is 0 Å². The maximum absolute atomic E-state index is 9.25. The van der Waals surface area contributed by atoms with E-state index in [1.54, 1.807) is 0 Å². The van der Waals surface area contributed by atoms with Gasteiger partial charge in [0, 0.05) is 12.1 Å². The Morgan fingerprint density at radius 2 is 1.86 bits per heavy atom. The Labute approximate surface area is 92.7 Å². The zero-order valence-electron chi connectivity index (χ0n) is 9.29. The Morgan fingerprint density at radius 3 is 2.36 bits per heavy atom. The summed E-state index contributed by atoms with van der Waals surface area (Å²) in [6, 6.07) is 0. The third-order valence-corrected chi connectivity index (χ3v) is 4.64. The Hall–Kier alpha value is 0.210.